The van der Waals surface area contributed by atoms with Gasteiger partial charge in [-0.05, 0) is 60.4 Å². The normalized spacial score (nSPS) is 14.5. The third-order valence-electron chi connectivity index (χ3n) is 6.74. The Morgan fingerprint density at radius 2 is 1.58 bits per heavy atom. The predicted octanol–water partition coefficient (Wildman–Crippen LogP) is 7.11. The molecule has 0 saturated heterocycles. The lowest BCUT2D eigenvalue weighted by Gasteiger charge is -2.33. The number of hydrogen-bond donors (Lipinski definition) is 1. The zero-order valence-electron chi connectivity index (χ0n) is 21.0. The van der Waals surface area contributed by atoms with E-state index in [1.54, 1.807) is 41.3 Å². The summed E-state index contributed by atoms with van der Waals surface area (Å²) in [5.41, 5.74) is 1.73. The van der Waals surface area contributed by atoms with E-state index in [1.165, 1.54) is 6.42 Å². The molecule has 1 N–H and O–H groups in total. The predicted molar refractivity (Wildman–Crippen MR) is 153 cm³/mol. The molecule has 0 aromatic heterocycles. The van der Waals surface area contributed by atoms with Gasteiger partial charge in [-0.25, -0.2) is 0 Å². The summed E-state index contributed by atoms with van der Waals surface area (Å²) in [6, 6.07) is 21.1. The minimum Gasteiger partial charge on any atom is -0.484 e. The number of hydrogen-bond acceptors (Lipinski definition) is 3. The lowest BCUT2D eigenvalue weighted by molar-refractivity contribution is -0.143. The Bertz CT molecular complexity index is 1220. The summed E-state index contributed by atoms with van der Waals surface area (Å²) in [5.74, 6) is 0.0370. The molecular weight excluding hydrogens is 543 g/mol. The fraction of sp³-hybridized carbons (Fsp3) is 0.333. The van der Waals surface area contributed by atoms with Crippen molar-refractivity contribution >= 4 is 46.6 Å². The average Bonchev–Trinajstić information content (AvgIpc) is 2.93. The smallest absolute Gasteiger partial charge is 0.261 e. The maximum atomic E-state index is 13.8. The van der Waals surface area contributed by atoms with Crippen molar-refractivity contribution in [1.29, 1.82) is 0 Å². The second-order valence-corrected chi connectivity index (χ2v) is 10.8. The number of rotatable bonds is 10. The SMILES string of the molecule is O=C(NC1CCCCC1)C(Cc1ccccc1)N(Cc1ccc(Cl)c(Cl)c1)C(=O)COc1ccc(Cl)cc1. The molecule has 200 valence electrons. The van der Waals surface area contributed by atoms with Gasteiger partial charge >= 0.3 is 0 Å². The largest absolute Gasteiger partial charge is 0.484 e. The van der Waals surface area contributed by atoms with Gasteiger partial charge in [0.1, 0.15) is 11.8 Å². The van der Waals surface area contributed by atoms with Crippen LogP contribution in [0.1, 0.15) is 43.2 Å². The second-order valence-electron chi connectivity index (χ2n) is 9.56. The van der Waals surface area contributed by atoms with Gasteiger partial charge in [-0.3, -0.25) is 9.59 Å². The van der Waals surface area contributed by atoms with Crippen LogP contribution in [-0.2, 0) is 22.6 Å². The topological polar surface area (TPSA) is 58.6 Å². The quantitative estimate of drug-likeness (QED) is 0.281. The van der Waals surface area contributed by atoms with Crippen molar-refractivity contribution in [3.05, 3.63) is 99.0 Å². The first-order valence-corrected chi connectivity index (χ1v) is 14.0. The van der Waals surface area contributed by atoms with Crippen LogP contribution in [0.25, 0.3) is 0 Å². The molecule has 0 heterocycles. The number of ether oxygens (including phenoxy) is 1. The molecule has 3 aromatic carbocycles. The molecular formula is C30H31Cl3N2O3. The van der Waals surface area contributed by atoms with Crippen molar-refractivity contribution < 1.29 is 14.3 Å². The van der Waals surface area contributed by atoms with Crippen LogP contribution in [0, 0.1) is 0 Å². The van der Waals surface area contributed by atoms with Gasteiger partial charge in [0.2, 0.25) is 5.91 Å². The molecule has 0 radical (unpaired) electrons. The van der Waals surface area contributed by atoms with E-state index in [4.69, 9.17) is 39.5 Å². The molecule has 0 spiro atoms. The number of amides is 2. The van der Waals surface area contributed by atoms with Crippen LogP contribution < -0.4 is 10.1 Å². The van der Waals surface area contributed by atoms with Crippen molar-refractivity contribution in [2.45, 2.75) is 57.2 Å². The van der Waals surface area contributed by atoms with Crippen LogP contribution in [0.15, 0.2) is 72.8 Å². The molecule has 1 unspecified atom stereocenters. The van der Waals surface area contributed by atoms with Gasteiger partial charge in [-0.2, -0.15) is 0 Å². The molecule has 1 fully saturated rings. The summed E-state index contributed by atoms with van der Waals surface area (Å²) in [4.78, 5) is 29.1. The van der Waals surface area contributed by atoms with E-state index in [9.17, 15) is 9.59 Å². The molecule has 8 heteroatoms. The van der Waals surface area contributed by atoms with Gasteiger partial charge in [0.05, 0.1) is 10.0 Å². The zero-order valence-corrected chi connectivity index (χ0v) is 23.3. The lowest BCUT2D eigenvalue weighted by atomic mass is 9.94. The number of carbonyl (C=O) groups excluding carboxylic acids is 2. The number of carbonyl (C=O) groups is 2. The molecule has 5 nitrogen and oxygen atoms in total. The number of nitrogens with one attached hydrogen (secondary N) is 1. The van der Waals surface area contributed by atoms with Gasteiger partial charge in [-0.15, -0.1) is 0 Å². The van der Waals surface area contributed by atoms with E-state index in [0.29, 0.717) is 27.2 Å². The van der Waals surface area contributed by atoms with Crippen LogP contribution in [-0.4, -0.2) is 35.4 Å². The van der Waals surface area contributed by atoms with Gasteiger partial charge in [0.25, 0.3) is 5.91 Å². The highest BCUT2D eigenvalue weighted by Crippen LogP contribution is 2.25. The van der Waals surface area contributed by atoms with Gasteiger partial charge in [-0.1, -0.05) is 90.5 Å². The molecule has 2 amide bonds. The second kappa shape index (κ2) is 13.9. The molecule has 1 atom stereocenters. The summed E-state index contributed by atoms with van der Waals surface area (Å²) in [7, 11) is 0. The van der Waals surface area contributed by atoms with Crippen LogP contribution in [0.4, 0.5) is 0 Å². The zero-order chi connectivity index (χ0) is 26.9. The van der Waals surface area contributed by atoms with Gasteiger partial charge < -0.3 is 15.0 Å². The Morgan fingerprint density at radius 3 is 2.26 bits per heavy atom. The summed E-state index contributed by atoms with van der Waals surface area (Å²) < 4.78 is 5.79. The first-order chi connectivity index (χ1) is 18.4. The van der Waals surface area contributed by atoms with E-state index in [2.05, 4.69) is 5.32 Å². The van der Waals surface area contributed by atoms with Crippen molar-refractivity contribution in [2.75, 3.05) is 6.61 Å². The van der Waals surface area contributed by atoms with Crippen molar-refractivity contribution in [3.63, 3.8) is 0 Å². The van der Waals surface area contributed by atoms with Gasteiger partial charge in [0, 0.05) is 24.0 Å². The summed E-state index contributed by atoms with van der Waals surface area (Å²) in [5, 5.41) is 4.62. The highest BCUT2D eigenvalue weighted by molar-refractivity contribution is 6.42. The van der Waals surface area contributed by atoms with Crippen molar-refractivity contribution in [3.8, 4) is 5.75 Å². The van der Waals surface area contributed by atoms with E-state index >= 15 is 0 Å². The third-order valence-corrected chi connectivity index (χ3v) is 7.73. The first kappa shape index (κ1) is 28.3. The maximum Gasteiger partial charge on any atom is 0.261 e. The van der Waals surface area contributed by atoms with Crippen LogP contribution in [0.5, 0.6) is 5.75 Å². The fourth-order valence-electron chi connectivity index (χ4n) is 4.69. The monoisotopic (exact) mass is 572 g/mol. The van der Waals surface area contributed by atoms with E-state index in [1.807, 2.05) is 36.4 Å². The molecule has 1 aliphatic rings. The van der Waals surface area contributed by atoms with Crippen molar-refractivity contribution in [2.24, 2.45) is 0 Å². The minimum atomic E-state index is -0.741. The van der Waals surface area contributed by atoms with E-state index in [0.717, 1.165) is 36.8 Å². The summed E-state index contributed by atoms with van der Waals surface area (Å²) in [6.07, 6.45) is 5.63. The molecule has 0 aliphatic heterocycles. The Morgan fingerprint density at radius 1 is 0.868 bits per heavy atom. The van der Waals surface area contributed by atoms with Crippen LogP contribution in [0.2, 0.25) is 15.1 Å². The third kappa shape index (κ3) is 8.13. The highest BCUT2D eigenvalue weighted by atomic mass is 35.5. The van der Waals surface area contributed by atoms with Crippen LogP contribution >= 0.6 is 34.8 Å². The standard InChI is InChI=1S/C30H31Cl3N2O3/c31-23-12-14-25(15-13-23)38-20-29(36)35(19-22-11-16-26(32)27(33)17-22)28(18-21-7-3-1-4-8-21)30(37)34-24-9-5-2-6-10-24/h1,3-4,7-8,11-17,24,28H,2,5-6,9-10,18-20H2,(H,34,37). The fourth-order valence-corrected chi connectivity index (χ4v) is 5.14. The van der Waals surface area contributed by atoms with Crippen molar-refractivity contribution in [1.82, 2.24) is 10.2 Å². The Kier molecular flexibility index (Phi) is 10.3. The molecule has 38 heavy (non-hydrogen) atoms. The Balaban J connectivity index is 1.62. The van der Waals surface area contributed by atoms with Gasteiger partial charge in [0.15, 0.2) is 6.61 Å². The van der Waals surface area contributed by atoms with E-state index < -0.39 is 6.04 Å². The van der Waals surface area contributed by atoms with Crippen LogP contribution in [0.3, 0.4) is 0 Å². The molecule has 3 aromatic rings. The van der Waals surface area contributed by atoms with E-state index in [-0.39, 0.29) is 31.0 Å². The minimum absolute atomic E-state index is 0.113. The Labute approximate surface area is 239 Å². The lowest BCUT2D eigenvalue weighted by Crippen LogP contribution is -2.53. The number of nitrogens with zero attached hydrogens (tertiary/aromatic N) is 1. The first-order valence-electron chi connectivity index (χ1n) is 12.8. The number of halogens is 3. The highest BCUT2D eigenvalue weighted by Gasteiger charge is 2.32. The number of benzene rings is 3. The molecule has 1 saturated carbocycles. The summed E-state index contributed by atoms with van der Waals surface area (Å²) >= 11 is 18.4. The maximum absolute atomic E-state index is 13.8. The molecule has 4 rings (SSSR count). The Hall–Kier alpha value is -2.73. The molecule has 0 bridgehead atoms. The molecule has 1 aliphatic carbocycles. The average molecular weight is 574 g/mol. The summed E-state index contributed by atoms with van der Waals surface area (Å²) in [6.45, 7) is -0.0553.